The van der Waals surface area contributed by atoms with Gasteiger partial charge in [-0.25, -0.2) is 0 Å². The molecule has 0 saturated carbocycles. The van der Waals surface area contributed by atoms with Gasteiger partial charge in [-0.2, -0.15) is 0 Å². The summed E-state index contributed by atoms with van der Waals surface area (Å²) in [5, 5.41) is 1.65. The first-order valence-electron chi connectivity index (χ1n) is 5.58. The first-order chi connectivity index (χ1) is 9.11. The summed E-state index contributed by atoms with van der Waals surface area (Å²) in [5.74, 6) is 0.317. The number of amidine groups is 1. The summed E-state index contributed by atoms with van der Waals surface area (Å²) in [6.07, 6.45) is 1.89. The Hall–Kier alpha value is -0.910. The van der Waals surface area contributed by atoms with Crippen molar-refractivity contribution in [1.29, 1.82) is 0 Å². The third-order valence-electron chi connectivity index (χ3n) is 2.53. The first kappa shape index (κ1) is 14.5. The van der Waals surface area contributed by atoms with Gasteiger partial charge in [0.25, 0.3) is 5.91 Å². The Morgan fingerprint density at radius 3 is 3.00 bits per heavy atom. The van der Waals surface area contributed by atoms with E-state index >= 15 is 0 Å². The molecule has 0 aliphatic carbocycles. The second-order valence-corrected chi connectivity index (χ2v) is 5.39. The minimum atomic E-state index is -0.128. The van der Waals surface area contributed by atoms with Gasteiger partial charge in [0, 0.05) is 11.6 Å². The lowest BCUT2D eigenvalue weighted by Gasteiger charge is -2.17. The summed E-state index contributed by atoms with van der Waals surface area (Å²) in [6.45, 7) is 1.18. The maximum absolute atomic E-state index is 12.0. The van der Waals surface area contributed by atoms with Crippen LogP contribution in [0.3, 0.4) is 0 Å². The molecule has 0 aromatic heterocycles. The van der Waals surface area contributed by atoms with E-state index in [-0.39, 0.29) is 12.5 Å². The predicted molar refractivity (Wildman–Crippen MR) is 79.5 cm³/mol. The van der Waals surface area contributed by atoms with Crippen molar-refractivity contribution in [1.82, 2.24) is 4.90 Å². The summed E-state index contributed by atoms with van der Waals surface area (Å²) >= 11 is 13.2. The molecule has 1 heterocycles. The van der Waals surface area contributed by atoms with Gasteiger partial charge in [0.1, 0.15) is 5.75 Å². The molecule has 0 N–H and O–H groups in total. The number of hydrogen-bond acceptors (Lipinski definition) is 4. The molecule has 0 radical (unpaired) electrons. The molecule has 1 aromatic carbocycles. The van der Waals surface area contributed by atoms with Crippen LogP contribution in [0.25, 0.3) is 0 Å². The molecule has 0 saturated heterocycles. The lowest BCUT2D eigenvalue weighted by atomic mass is 10.3. The van der Waals surface area contributed by atoms with Crippen LogP contribution in [0.1, 0.15) is 0 Å². The Kier molecular flexibility index (Phi) is 4.96. The van der Waals surface area contributed by atoms with E-state index in [1.54, 1.807) is 23.1 Å². The van der Waals surface area contributed by atoms with E-state index < -0.39 is 0 Å². The van der Waals surface area contributed by atoms with Crippen LogP contribution in [-0.4, -0.2) is 41.9 Å². The van der Waals surface area contributed by atoms with E-state index in [1.165, 1.54) is 11.8 Å². The molecule has 2 rings (SSSR count). The smallest absolute Gasteiger partial charge is 0.266 e. The maximum atomic E-state index is 12.0. The van der Waals surface area contributed by atoms with Crippen molar-refractivity contribution >= 4 is 46.0 Å². The van der Waals surface area contributed by atoms with Gasteiger partial charge >= 0.3 is 0 Å². The van der Waals surface area contributed by atoms with Gasteiger partial charge in [-0.15, -0.1) is 0 Å². The zero-order valence-corrected chi connectivity index (χ0v) is 12.6. The Morgan fingerprint density at radius 2 is 2.32 bits per heavy atom. The predicted octanol–water partition coefficient (Wildman–Crippen LogP) is 2.93. The normalized spacial score (nSPS) is 14.5. The van der Waals surface area contributed by atoms with Crippen molar-refractivity contribution in [2.24, 2.45) is 4.99 Å². The molecule has 1 amide bonds. The first-order valence-corrected chi connectivity index (χ1v) is 7.56. The Morgan fingerprint density at radius 1 is 1.53 bits per heavy atom. The van der Waals surface area contributed by atoms with Crippen LogP contribution >= 0.6 is 35.0 Å². The lowest BCUT2D eigenvalue weighted by molar-refractivity contribution is -0.128. The molecule has 0 fully saturated rings. The summed E-state index contributed by atoms with van der Waals surface area (Å²) in [6, 6.07) is 4.89. The number of carbonyl (C=O) groups is 1. The van der Waals surface area contributed by atoms with Crippen LogP contribution in [0.4, 0.5) is 0 Å². The number of hydrogen-bond donors (Lipinski definition) is 0. The number of ether oxygens (including phenoxy) is 1. The standard InChI is InChI=1S/C12H12Cl2N2O2S/c1-19-12-15-4-5-16(12)11(17)7-18-10-3-2-8(13)6-9(10)14/h2-3,6H,4-5,7H2,1H3. The van der Waals surface area contributed by atoms with Crippen LogP contribution < -0.4 is 4.74 Å². The third-order valence-corrected chi connectivity index (χ3v) is 3.78. The lowest BCUT2D eigenvalue weighted by Crippen LogP contribution is -2.36. The average molecular weight is 319 g/mol. The van der Waals surface area contributed by atoms with Crippen LogP contribution in [0, 0.1) is 0 Å². The second-order valence-electron chi connectivity index (χ2n) is 3.78. The van der Waals surface area contributed by atoms with Gasteiger partial charge in [0.15, 0.2) is 11.8 Å². The molecule has 1 aromatic rings. The number of halogens is 2. The number of thioether (sulfide) groups is 1. The van der Waals surface area contributed by atoms with E-state index in [4.69, 9.17) is 27.9 Å². The SMILES string of the molecule is CSC1=NCCN1C(=O)COc1ccc(Cl)cc1Cl. The molecule has 1 aliphatic heterocycles. The molecule has 102 valence electrons. The molecular formula is C12H12Cl2N2O2S. The number of carbonyl (C=O) groups excluding carboxylic acids is 1. The minimum Gasteiger partial charge on any atom is -0.482 e. The fraction of sp³-hybridized carbons (Fsp3) is 0.333. The number of nitrogens with zero attached hydrogens (tertiary/aromatic N) is 2. The van der Waals surface area contributed by atoms with Crippen molar-refractivity contribution in [3.63, 3.8) is 0 Å². The van der Waals surface area contributed by atoms with Crippen LogP contribution in [0.2, 0.25) is 10.0 Å². The topological polar surface area (TPSA) is 41.9 Å². The largest absolute Gasteiger partial charge is 0.482 e. The van der Waals surface area contributed by atoms with Gasteiger partial charge in [-0.3, -0.25) is 14.7 Å². The van der Waals surface area contributed by atoms with Crippen molar-refractivity contribution in [2.45, 2.75) is 0 Å². The van der Waals surface area contributed by atoms with Gasteiger partial charge in [-0.05, 0) is 24.5 Å². The molecule has 0 unspecified atom stereocenters. The van der Waals surface area contributed by atoms with Gasteiger partial charge in [-0.1, -0.05) is 35.0 Å². The molecule has 0 bridgehead atoms. The number of aliphatic imine (C=N–C) groups is 1. The van der Waals surface area contributed by atoms with E-state index in [0.29, 0.717) is 28.9 Å². The fourth-order valence-corrected chi connectivity index (χ4v) is 2.74. The average Bonchev–Trinajstić information content (AvgIpc) is 2.85. The summed E-state index contributed by atoms with van der Waals surface area (Å²) < 4.78 is 5.41. The van der Waals surface area contributed by atoms with E-state index in [0.717, 1.165) is 5.17 Å². The van der Waals surface area contributed by atoms with E-state index in [1.807, 2.05) is 6.26 Å². The quantitative estimate of drug-likeness (QED) is 0.860. The Balaban J connectivity index is 1.95. The van der Waals surface area contributed by atoms with Crippen LogP contribution in [0.15, 0.2) is 23.2 Å². The number of amides is 1. The molecule has 0 spiro atoms. The summed E-state index contributed by atoms with van der Waals surface area (Å²) in [5.41, 5.74) is 0. The van der Waals surface area contributed by atoms with Crippen molar-refractivity contribution < 1.29 is 9.53 Å². The monoisotopic (exact) mass is 318 g/mol. The number of rotatable bonds is 3. The highest BCUT2D eigenvalue weighted by Crippen LogP contribution is 2.27. The van der Waals surface area contributed by atoms with Crippen LogP contribution in [0.5, 0.6) is 5.75 Å². The molecule has 4 nitrogen and oxygen atoms in total. The molecule has 7 heteroatoms. The summed E-state index contributed by atoms with van der Waals surface area (Å²) in [7, 11) is 0. The molecule has 19 heavy (non-hydrogen) atoms. The van der Waals surface area contributed by atoms with Gasteiger partial charge in [0.05, 0.1) is 11.6 Å². The van der Waals surface area contributed by atoms with Gasteiger partial charge < -0.3 is 4.74 Å². The Labute approximate surface area is 125 Å². The van der Waals surface area contributed by atoms with E-state index in [9.17, 15) is 4.79 Å². The zero-order valence-electron chi connectivity index (χ0n) is 10.2. The minimum absolute atomic E-state index is 0.0685. The summed E-state index contributed by atoms with van der Waals surface area (Å²) in [4.78, 5) is 17.8. The van der Waals surface area contributed by atoms with Gasteiger partial charge in [0.2, 0.25) is 0 Å². The van der Waals surface area contributed by atoms with Crippen molar-refractivity contribution in [3.05, 3.63) is 28.2 Å². The highest BCUT2D eigenvalue weighted by Gasteiger charge is 2.23. The van der Waals surface area contributed by atoms with Crippen molar-refractivity contribution in [3.8, 4) is 5.75 Å². The third kappa shape index (κ3) is 3.55. The number of benzene rings is 1. The highest BCUT2D eigenvalue weighted by molar-refractivity contribution is 8.13. The van der Waals surface area contributed by atoms with Crippen LogP contribution in [-0.2, 0) is 4.79 Å². The molecular weight excluding hydrogens is 307 g/mol. The Bertz CT molecular complexity index is 522. The fourth-order valence-electron chi connectivity index (χ4n) is 1.64. The second kappa shape index (κ2) is 6.50. The molecule has 1 aliphatic rings. The molecule has 0 atom stereocenters. The zero-order chi connectivity index (χ0) is 13.8. The highest BCUT2D eigenvalue weighted by atomic mass is 35.5. The van der Waals surface area contributed by atoms with E-state index in [2.05, 4.69) is 4.99 Å². The van der Waals surface area contributed by atoms with Crippen molar-refractivity contribution in [2.75, 3.05) is 26.0 Å². The maximum Gasteiger partial charge on any atom is 0.266 e.